The summed E-state index contributed by atoms with van der Waals surface area (Å²) in [5.74, 6) is 0.258. The molecule has 0 radical (unpaired) electrons. The molecule has 1 aliphatic rings. The number of hydrogen-bond donors (Lipinski definition) is 0. The highest BCUT2D eigenvalue weighted by molar-refractivity contribution is 7.57. The minimum Gasteiger partial charge on any atom is -0.295 e. The smallest absolute Gasteiger partial charge is 0.176 e. The van der Waals surface area contributed by atoms with E-state index in [2.05, 4.69) is 11.8 Å². The van der Waals surface area contributed by atoms with E-state index < -0.39 is 0 Å². The molecule has 1 fully saturated rings. The molecule has 0 amide bonds. The molecule has 1 saturated heterocycles. The van der Waals surface area contributed by atoms with E-state index in [9.17, 15) is 4.79 Å². The van der Waals surface area contributed by atoms with E-state index in [1.165, 1.54) is 18.5 Å². The number of ketones is 1. The minimum atomic E-state index is 0.258. The van der Waals surface area contributed by atoms with Crippen molar-refractivity contribution in [3.05, 3.63) is 35.9 Å². The van der Waals surface area contributed by atoms with Gasteiger partial charge in [-0.1, -0.05) is 37.3 Å². The van der Waals surface area contributed by atoms with Crippen LogP contribution < -0.4 is 0 Å². The molecule has 0 saturated carbocycles. The largest absolute Gasteiger partial charge is 0.295 e. The predicted octanol–water partition coefficient (Wildman–Crippen LogP) is 2.69. The van der Waals surface area contributed by atoms with Gasteiger partial charge in [0.2, 0.25) is 0 Å². The monoisotopic (exact) mass is 249 g/mol. The molecule has 0 bridgehead atoms. The van der Waals surface area contributed by atoms with Gasteiger partial charge in [0.15, 0.2) is 5.78 Å². The normalized spacial score (nSPS) is 18.2. The van der Waals surface area contributed by atoms with Gasteiger partial charge in [0.1, 0.15) is 0 Å². The molecule has 0 spiro atoms. The standard InChI is InChI=1S/C14H20NOP/c1-2-17-10-8-15(9-11-17)12-14(16)13-6-4-3-5-7-13/h3-7H,2,8-12H2,1H3. The maximum absolute atomic E-state index is 12.0. The van der Waals surface area contributed by atoms with Crippen LogP contribution in [-0.4, -0.2) is 48.8 Å². The van der Waals surface area contributed by atoms with Crippen LogP contribution in [-0.2, 0) is 0 Å². The van der Waals surface area contributed by atoms with Gasteiger partial charge in [0, 0.05) is 18.7 Å². The van der Waals surface area contributed by atoms with E-state index >= 15 is 0 Å². The second-order valence-corrected chi connectivity index (χ2v) is 7.37. The quantitative estimate of drug-likeness (QED) is 0.604. The fourth-order valence-electron chi connectivity index (χ4n) is 2.18. The van der Waals surface area contributed by atoms with E-state index in [0.29, 0.717) is 6.54 Å². The number of rotatable bonds is 4. The first kappa shape index (κ1) is 12.7. The van der Waals surface area contributed by atoms with Crippen LogP contribution in [0.5, 0.6) is 0 Å². The minimum absolute atomic E-state index is 0.258. The fraction of sp³-hybridized carbons (Fsp3) is 0.500. The van der Waals surface area contributed by atoms with Gasteiger partial charge in [0.25, 0.3) is 0 Å². The van der Waals surface area contributed by atoms with Crippen molar-refractivity contribution < 1.29 is 4.79 Å². The summed E-state index contributed by atoms with van der Waals surface area (Å²) >= 11 is 0. The number of carbonyl (C=O) groups excluding carboxylic acids is 1. The van der Waals surface area contributed by atoms with E-state index in [-0.39, 0.29) is 13.7 Å². The summed E-state index contributed by atoms with van der Waals surface area (Å²) in [7, 11) is 0.272. The second kappa shape index (κ2) is 6.28. The Labute approximate surface area is 105 Å². The predicted molar refractivity (Wildman–Crippen MR) is 74.4 cm³/mol. The molecule has 0 unspecified atom stereocenters. The number of Topliss-reactive ketones (excluding diaryl/α,β-unsaturated/α-hetero) is 1. The van der Waals surface area contributed by atoms with Crippen LogP contribution in [0, 0.1) is 0 Å². The summed E-state index contributed by atoms with van der Waals surface area (Å²) in [6.45, 7) is 5.10. The highest BCUT2D eigenvalue weighted by Gasteiger charge is 2.19. The summed E-state index contributed by atoms with van der Waals surface area (Å²) in [6, 6.07) is 9.63. The van der Waals surface area contributed by atoms with Crippen molar-refractivity contribution in [2.24, 2.45) is 0 Å². The molecule has 0 aliphatic carbocycles. The zero-order chi connectivity index (χ0) is 12.1. The molecule has 17 heavy (non-hydrogen) atoms. The van der Waals surface area contributed by atoms with Crippen molar-refractivity contribution in [2.75, 3.05) is 38.1 Å². The van der Waals surface area contributed by atoms with Crippen molar-refractivity contribution >= 4 is 13.7 Å². The van der Waals surface area contributed by atoms with Gasteiger partial charge < -0.3 is 0 Å². The van der Waals surface area contributed by atoms with E-state index in [1.54, 1.807) is 0 Å². The summed E-state index contributed by atoms with van der Waals surface area (Å²) in [5, 5.41) is 0. The fourth-order valence-corrected chi connectivity index (χ4v) is 4.17. The van der Waals surface area contributed by atoms with Crippen molar-refractivity contribution in [3.8, 4) is 0 Å². The van der Waals surface area contributed by atoms with Gasteiger partial charge in [-0.2, -0.15) is 0 Å². The molecule has 92 valence electrons. The Morgan fingerprint density at radius 3 is 2.47 bits per heavy atom. The molecule has 1 aromatic carbocycles. The Morgan fingerprint density at radius 1 is 1.24 bits per heavy atom. The van der Waals surface area contributed by atoms with Crippen molar-refractivity contribution in [1.82, 2.24) is 4.90 Å². The molecule has 1 aliphatic heterocycles. The van der Waals surface area contributed by atoms with Crippen LogP contribution in [0.4, 0.5) is 0 Å². The summed E-state index contributed by atoms with van der Waals surface area (Å²) in [6.07, 6.45) is 3.97. The van der Waals surface area contributed by atoms with Crippen LogP contribution in [0.3, 0.4) is 0 Å². The van der Waals surface area contributed by atoms with Gasteiger partial charge in [-0.25, -0.2) is 0 Å². The molecule has 1 aromatic rings. The molecule has 0 N–H and O–H groups in total. The van der Waals surface area contributed by atoms with Crippen molar-refractivity contribution in [2.45, 2.75) is 6.92 Å². The molecular weight excluding hydrogens is 229 g/mol. The van der Waals surface area contributed by atoms with Gasteiger partial charge >= 0.3 is 0 Å². The van der Waals surface area contributed by atoms with E-state index in [4.69, 9.17) is 0 Å². The van der Waals surface area contributed by atoms with Crippen molar-refractivity contribution in [3.63, 3.8) is 0 Å². The van der Waals surface area contributed by atoms with Gasteiger partial charge in [-0.3, -0.25) is 9.69 Å². The van der Waals surface area contributed by atoms with E-state index in [1.807, 2.05) is 30.3 Å². The van der Waals surface area contributed by atoms with Crippen LogP contribution in [0.1, 0.15) is 17.3 Å². The molecule has 3 heteroatoms. The van der Waals surface area contributed by atoms with Gasteiger partial charge in [-0.05, 0) is 18.5 Å². The highest BCUT2D eigenvalue weighted by Crippen LogP contribution is 2.36. The maximum atomic E-state index is 12.0. The lowest BCUT2D eigenvalue weighted by Crippen LogP contribution is -2.37. The zero-order valence-electron chi connectivity index (χ0n) is 10.4. The number of benzene rings is 1. The Balaban J connectivity index is 1.84. The molecule has 2 nitrogen and oxygen atoms in total. The topological polar surface area (TPSA) is 20.3 Å². The molecule has 0 atom stereocenters. The molecule has 2 rings (SSSR count). The Morgan fingerprint density at radius 2 is 1.88 bits per heavy atom. The zero-order valence-corrected chi connectivity index (χ0v) is 11.3. The van der Waals surface area contributed by atoms with Crippen LogP contribution in [0.15, 0.2) is 30.3 Å². The van der Waals surface area contributed by atoms with Crippen LogP contribution in [0.2, 0.25) is 0 Å². The first-order valence-corrected chi connectivity index (χ1v) is 8.22. The van der Waals surface area contributed by atoms with Crippen molar-refractivity contribution in [1.29, 1.82) is 0 Å². The Kier molecular flexibility index (Phi) is 4.70. The maximum Gasteiger partial charge on any atom is 0.176 e. The van der Waals surface area contributed by atoms with Crippen LogP contribution >= 0.6 is 7.92 Å². The summed E-state index contributed by atoms with van der Waals surface area (Å²) < 4.78 is 0. The lowest BCUT2D eigenvalue weighted by atomic mass is 10.1. The first-order valence-electron chi connectivity index (χ1n) is 6.32. The van der Waals surface area contributed by atoms with Crippen LogP contribution in [0.25, 0.3) is 0 Å². The number of nitrogens with zero attached hydrogens (tertiary/aromatic N) is 1. The Hall–Kier alpha value is -0.720. The molecular formula is C14H20NOP. The SMILES string of the molecule is CCP1CCN(CC(=O)c2ccccc2)CC1. The third-order valence-corrected chi connectivity index (χ3v) is 5.93. The Bertz CT molecular complexity index is 358. The highest BCUT2D eigenvalue weighted by atomic mass is 31.1. The van der Waals surface area contributed by atoms with E-state index in [0.717, 1.165) is 18.7 Å². The lowest BCUT2D eigenvalue weighted by molar-refractivity contribution is 0.0936. The first-order chi connectivity index (χ1) is 8.29. The average Bonchev–Trinajstić information content (AvgIpc) is 2.40. The molecule has 0 aromatic heterocycles. The average molecular weight is 249 g/mol. The third-order valence-electron chi connectivity index (χ3n) is 3.38. The summed E-state index contributed by atoms with van der Waals surface area (Å²) in [4.78, 5) is 14.3. The number of hydrogen-bond acceptors (Lipinski definition) is 2. The van der Waals surface area contributed by atoms with Gasteiger partial charge in [-0.15, -0.1) is 7.92 Å². The lowest BCUT2D eigenvalue weighted by Gasteiger charge is -2.31. The number of carbonyl (C=O) groups is 1. The third kappa shape index (κ3) is 3.62. The summed E-state index contributed by atoms with van der Waals surface area (Å²) in [5.41, 5.74) is 0.843. The van der Waals surface area contributed by atoms with Gasteiger partial charge in [0.05, 0.1) is 6.54 Å². The second-order valence-electron chi connectivity index (χ2n) is 4.50. The molecule has 1 heterocycles.